The SMILES string of the molecule is COCC(C)(CCO)NCc1ccc(-c2ccc(F)cc2C)o1. The molecular formula is C18H24FNO3. The largest absolute Gasteiger partial charge is 0.460 e. The number of aliphatic hydroxyl groups is 1. The van der Waals surface area contributed by atoms with Gasteiger partial charge >= 0.3 is 0 Å². The molecule has 1 aromatic carbocycles. The molecule has 1 unspecified atom stereocenters. The Bertz CT molecular complexity index is 633. The average Bonchev–Trinajstić information content (AvgIpc) is 2.94. The van der Waals surface area contributed by atoms with Crippen LogP contribution >= 0.6 is 0 Å². The first kappa shape index (κ1) is 17.7. The zero-order chi connectivity index (χ0) is 16.9. The van der Waals surface area contributed by atoms with Gasteiger partial charge in [-0.15, -0.1) is 0 Å². The van der Waals surface area contributed by atoms with Crippen LogP contribution in [0.25, 0.3) is 11.3 Å². The number of ether oxygens (including phenoxy) is 1. The molecule has 0 aliphatic rings. The van der Waals surface area contributed by atoms with E-state index in [4.69, 9.17) is 9.15 Å². The van der Waals surface area contributed by atoms with Crippen LogP contribution in [-0.2, 0) is 11.3 Å². The van der Waals surface area contributed by atoms with E-state index in [1.54, 1.807) is 13.2 Å². The number of hydrogen-bond acceptors (Lipinski definition) is 4. The molecule has 0 bridgehead atoms. The quantitative estimate of drug-likeness (QED) is 0.783. The van der Waals surface area contributed by atoms with Crippen molar-refractivity contribution < 1.29 is 18.7 Å². The van der Waals surface area contributed by atoms with E-state index in [0.717, 1.165) is 22.6 Å². The van der Waals surface area contributed by atoms with Crippen LogP contribution in [0.1, 0.15) is 24.7 Å². The molecule has 1 heterocycles. The first-order chi connectivity index (χ1) is 11.0. The zero-order valence-corrected chi connectivity index (χ0v) is 13.9. The summed E-state index contributed by atoms with van der Waals surface area (Å²) in [7, 11) is 1.64. The van der Waals surface area contributed by atoms with Crippen molar-refractivity contribution in [3.63, 3.8) is 0 Å². The summed E-state index contributed by atoms with van der Waals surface area (Å²) in [6.07, 6.45) is 0.589. The summed E-state index contributed by atoms with van der Waals surface area (Å²) in [5, 5.41) is 12.5. The highest BCUT2D eigenvalue weighted by Gasteiger charge is 2.23. The molecule has 0 radical (unpaired) electrons. The molecule has 0 fully saturated rings. The van der Waals surface area contributed by atoms with Crippen molar-refractivity contribution in [2.24, 2.45) is 0 Å². The molecule has 2 rings (SSSR count). The Morgan fingerprint density at radius 3 is 2.74 bits per heavy atom. The number of aryl methyl sites for hydroxylation is 1. The summed E-state index contributed by atoms with van der Waals surface area (Å²) < 4.78 is 24.3. The van der Waals surface area contributed by atoms with E-state index in [9.17, 15) is 9.50 Å². The molecule has 0 aliphatic carbocycles. The van der Waals surface area contributed by atoms with Gasteiger partial charge in [0.25, 0.3) is 0 Å². The van der Waals surface area contributed by atoms with Gasteiger partial charge in [-0.05, 0) is 56.2 Å². The van der Waals surface area contributed by atoms with Crippen molar-refractivity contribution in [3.05, 3.63) is 47.5 Å². The smallest absolute Gasteiger partial charge is 0.134 e. The second kappa shape index (κ2) is 7.73. The Morgan fingerprint density at radius 1 is 1.30 bits per heavy atom. The fourth-order valence-electron chi connectivity index (χ4n) is 2.60. The Hall–Kier alpha value is -1.69. The minimum absolute atomic E-state index is 0.0883. The minimum atomic E-state index is -0.317. The van der Waals surface area contributed by atoms with Crippen molar-refractivity contribution in [1.29, 1.82) is 0 Å². The van der Waals surface area contributed by atoms with Crippen molar-refractivity contribution >= 4 is 0 Å². The lowest BCUT2D eigenvalue weighted by atomic mass is 9.99. The lowest BCUT2D eigenvalue weighted by Crippen LogP contribution is -2.46. The van der Waals surface area contributed by atoms with Crippen LogP contribution in [0.4, 0.5) is 4.39 Å². The number of hydrogen-bond donors (Lipinski definition) is 2. The molecule has 0 spiro atoms. The van der Waals surface area contributed by atoms with E-state index in [1.165, 1.54) is 12.1 Å². The van der Waals surface area contributed by atoms with Crippen LogP contribution in [0.15, 0.2) is 34.7 Å². The van der Waals surface area contributed by atoms with Crippen molar-refractivity contribution in [1.82, 2.24) is 5.32 Å². The molecule has 23 heavy (non-hydrogen) atoms. The summed E-state index contributed by atoms with van der Waals surface area (Å²) >= 11 is 0. The van der Waals surface area contributed by atoms with Gasteiger partial charge in [0.2, 0.25) is 0 Å². The van der Waals surface area contributed by atoms with E-state index in [2.05, 4.69) is 5.32 Å². The highest BCUT2D eigenvalue weighted by Crippen LogP contribution is 2.26. The van der Waals surface area contributed by atoms with Crippen LogP contribution in [-0.4, -0.2) is 31.0 Å². The standard InChI is InChI=1S/C18H24FNO3/c1-13-10-14(19)4-6-16(13)17-7-5-15(23-17)11-20-18(2,8-9-21)12-22-3/h4-7,10,20-21H,8-9,11-12H2,1-3H3. The third-order valence-corrected chi connectivity index (χ3v) is 3.93. The molecular weight excluding hydrogens is 297 g/mol. The number of halogens is 1. The average molecular weight is 321 g/mol. The lowest BCUT2D eigenvalue weighted by Gasteiger charge is -2.29. The number of rotatable bonds is 8. The zero-order valence-electron chi connectivity index (χ0n) is 13.9. The van der Waals surface area contributed by atoms with Crippen LogP contribution in [0.2, 0.25) is 0 Å². The fourth-order valence-corrected chi connectivity index (χ4v) is 2.60. The molecule has 0 aliphatic heterocycles. The number of furan rings is 1. The van der Waals surface area contributed by atoms with Gasteiger partial charge in [-0.1, -0.05) is 0 Å². The molecule has 0 amide bonds. The van der Waals surface area contributed by atoms with E-state index in [1.807, 2.05) is 26.0 Å². The first-order valence-corrected chi connectivity index (χ1v) is 7.67. The topological polar surface area (TPSA) is 54.6 Å². The Kier molecular flexibility index (Phi) is 5.93. The molecule has 5 heteroatoms. The second-order valence-corrected chi connectivity index (χ2v) is 6.05. The minimum Gasteiger partial charge on any atom is -0.460 e. The maximum absolute atomic E-state index is 13.2. The molecule has 2 aromatic rings. The maximum atomic E-state index is 13.2. The molecule has 1 aromatic heterocycles. The van der Waals surface area contributed by atoms with Gasteiger partial charge in [0.15, 0.2) is 0 Å². The van der Waals surface area contributed by atoms with Gasteiger partial charge in [-0.2, -0.15) is 0 Å². The first-order valence-electron chi connectivity index (χ1n) is 7.67. The number of methoxy groups -OCH3 is 1. The Labute approximate surface area is 136 Å². The highest BCUT2D eigenvalue weighted by molar-refractivity contribution is 5.62. The predicted molar refractivity (Wildman–Crippen MR) is 87.7 cm³/mol. The van der Waals surface area contributed by atoms with Crippen molar-refractivity contribution in [2.45, 2.75) is 32.4 Å². The van der Waals surface area contributed by atoms with Crippen LogP contribution in [0, 0.1) is 12.7 Å². The van der Waals surface area contributed by atoms with Crippen molar-refractivity contribution in [3.8, 4) is 11.3 Å². The number of benzene rings is 1. The van der Waals surface area contributed by atoms with E-state index in [-0.39, 0.29) is 18.0 Å². The van der Waals surface area contributed by atoms with Gasteiger partial charge < -0.3 is 19.6 Å². The van der Waals surface area contributed by atoms with Crippen LogP contribution in [0.3, 0.4) is 0 Å². The van der Waals surface area contributed by atoms with Gasteiger partial charge in [-0.3, -0.25) is 0 Å². The third kappa shape index (κ3) is 4.64. The Morgan fingerprint density at radius 2 is 2.09 bits per heavy atom. The van der Waals surface area contributed by atoms with Gasteiger partial charge in [0.05, 0.1) is 13.2 Å². The second-order valence-electron chi connectivity index (χ2n) is 6.05. The fraction of sp³-hybridized carbons (Fsp3) is 0.444. The van der Waals surface area contributed by atoms with Gasteiger partial charge in [-0.25, -0.2) is 4.39 Å². The van der Waals surface area contributed by atoms with Crippen molar-refractivity contribution in [2.75, 3.05) is 20.3 Å². The summed E-state index contributed by atoms with van der Waals surface area (Å²) in [6.45, 7) is 4.97. The van der Waals surface area contributed by atoms with E-state index >= 15 is 0 Å². The molecule has 0 saturated carbocycles. The third-order valence-electron chi connectivity index (χ3n) is 3.93. The summed E-state index contributed by atoms with van der Waals surface area (Å²) in [5.74, 6) is 1.25. The monoisotopic (exact) mass is 321 g/mol. The predicted octanol–water partition coefficient (Wildman–Crippen LogP) is 3.27. The molecule has 2 N–H and O–H groups in total. The van der Waals surface area contributed by atoms with E-state index in [0.29, 0.717) is 19.6 Å². The lowest BCUT2D eigenvalue weighted by molar-refractivity contribution is 0.0957. The summed E-state index contributed by atoms with van der Waals surface area (Å²) in [6, 6.07) is 8.43. The molecule has 0 saturated heterocycles. The van der Waals surface area contributed by atoms with Crippen LogP contribution < -0.4 is 5.32 Å². The highest BCUT2D eigenvalue weighted by atomic mass is 19.1. The number of aliphatic hydroxyl groups excluding tert-OH is 1. The Balaban J connectivity index is 2.07. The van der Waals surface area contributed by atoms with Gasteiger partial charge in [0, 0.05) is 24.8 Å². The normalized spacial score (nSPS) is 14.0. The van der Waals surface area contributed by atoms with E-state index < -0.39 is 0 Å². The molecule has 1 atom stereocenters. The van der Waals surface area contributed by atoms with Crippen LogP contribution in [0.5, 0.6) is 0 Å². The van der Waals surface area contributed by atoms with Gasteiger partial charge in [0.1, 0.15) is 17.3 Å². The number of nitrogens with one attached hydrogen (secondary N) is 1. The summed E-state index contributed by atoms with van der Waals surface area (Å²) in [4.78, 5) is 0. The molecule has 126 valence electrons. The summed E-state index contributed by atoms with van der Waals surface area (Å²) in [5.41, 5.74) is 1.40. The molecule has 4 nitrogen and oxygen atoms in total. The maximum Gasteiger partial charge on any atom is 0.134 e.